The van der Waals surface area contributed by atoms with E-state index in [9.17, 15) is 14.4 Å². The second-order valence-corrected chi connectivity index (χ2v) is 12.7. The van der Waals surface area contributed by atoms with E-state index in [0.29, 0.717) is 52.2 Å². The molecule has 176 valence electrons. The zero-order valence-electron chi connectivity index (χ0n) is 20.2. The van der Waals surface area contributed by atoms with Gasteiger partial charge in [0.05, 0.1) is 0 Å². The van der Waals surface area contributed by atoms with Crippen LogP contribution in [0.2, 0.25) is 0 Å². The van der Waals surface area contributed by atoms with Crippen molar-refractivity contribution in [3.05, 3.63) is 0 Å². The summed E-state index contributed by atoms with van der Waals surface area (Å²) in [6, 6.07) is 0. The Kier molecular flexibility index (Phi) is 9.25. The van der Waals surface area contributed by atoms with Gasteiger partial charge in [-0.05, 0) is 68.1 Å². The van der Waals surface area contributed by atoms with Crippen molar-refractivity contribution >= 4 is 29.1 Å². The molecule has 0 bridgehead atoms. The lowest BCUT2D eigenvalue weighted by molar-refractivity contribution is -0.130. The lowest BCUT2D eigenvalue weighted by atomic mass is 9.68. The molecule has 0 aromatic heterocycles. The zero-order chi connectivity index (χ0) is 22.5. The van der Waals surface area contributed by atoms with Gasteiger partial charge in [-0.1, -0.05) is 34.1 Å². The maximum absolute atomic E-state index is 13.4. The van der Waals surface area contributed by atoms with Crippen LogP contribution >= 0.6 is 11.8 Å². The Morgan fingerprint density at radius 1 is 0.871 bits per heavy atom. The quantitative estimate of drug-likeness (QED) is 0.424. The summed E-state index contributed by atoms with van der Waals surface area (Å²) in [5.74, 6) is 5.30. The van der Waals surface area contributed by atoms with Crippen LogP contribution < -0.4 is 0 Å². The summed E-state index contributed by atoms with van der Waals surface area (Å²) in [6.45, 7) is 9.04. The predicted molar refractivity (Wildman–Crippen MR) is 129 cm³/mol. The molecule has 3 fully saturated rings. The van der Waals surface area contributed by atoms with Gasteiger partial charge < -0.3 is 0 Å². The topological polar surface area (TPSA) is 51.2 Å². The molecule has 0 radical (unpaired) electrons. The van der Waals surface area contributed by atoms with Crippen molar-refractivity contribution in [2.75, 3.05) is 5.75 Å². The highest BCUT2D eigenvalue weighted by atomic mass is 32.2. The summed E-state index contributed by atoms with van der Waals surface area (Å²) >= 11 is 1.97. The first-order valence-electron chi connectivity index (χ1n) is 12.9. The maximum atomic E-state index is 13.4. The standard InChI is InChI=1S/C27H44O3S/c1-17(2)23-13-20(14-25(29)15-23)12-18(3)26-7-5-6-22(27(26)30)16-31-19(4)21-8-10-24(28)11-9-21/h17-23,26H,5-16H2,1-4H3. The van der Waals surface area contributed by atoms with Gasteiger partial charge >= 0.3 is 0 Å². The van der Waals surface area contributed by atoms with E-state index in [-0.39, 0.29) is 11.8 Å². The first-order chi connectivity index (χ1) is 14.7. The molecule has 0 spiro atoms. The fraction of sp³-hybridized carbons (Fsp3) is 0.889. The van der Waals surface area contributed by atoms with Crippen LogP contribution in [-0.2, 0) is 14.4 Å². The van der Waals surface area contributed by atoms with Crippen LogP contribution in [0.1, 0.15) is 98.3 Å². The normalized spacial score (nSPS) is 33.0. The van der Waals surface area contributed by atoms with Crippen molar-refractivity contribution < 1.29 is 14.4 Å². The molecule has 3 aliphatic carbocycles. The van der Waals surface area contributed by atoms with Crippen LogP contribution in [0.25, 0.3) is 0 Å². The summed E-state index contributed by atoms with van der Waals surface area (Å²) in [4.78, 5) is 37.1. The van der Waals surface area contributed by atoms with Gasteiger partial charge in [0.25, 0.3) is 0 Å². The monoisotopic (exact) mass is 448 g/mol. The molecular weight excluding hydrogens is 404 g/mol. The number of ketones is 3. The predicted octanol–water partition coefficient (Wildman–Crippen LogP) is 6.52. The average molecular weight is 449 g/mol. The minimum atomic E-state index is 0.191. The molecule has 6 atom stereocenters. The molecule has 3 aliphatic rings. The van der Waals surface area contributed by atoms with Crippen LogP contribution in [0.15, 0.2) is 0 Å². The molecule has 0 N–H and O–H groups in total. The van der Waals surface area contributed by atoms with Crippen LogP contribution in [0.4, 0.5) is 0 Å². The highest BCUT2D eigenvalue weighted by Gasteiger charge is 2.37. The molecule has 6 unspecified atom stereocenters. The molecule has 3 rings (SSSR count). The number of carbonyl (C=O) groups is 3. The highest BCUT2D eigenvalue weighted by molar-refractivity contribution is 7.99. The van der Waals surface area contributed by atoms with E-state index in [1.165, 1.54) is 0 Å². The molecule has 0 aromatic carbocycles. The van der Waals surface area contributed by atoms with Crippen LogP contribution in [-0.4, -0.2) is 28.4 Å². The van der Waals surface area contributed by atoms with Gasteiger partial charge in [-0.25, -0.2) is 0 Å². The lowest BCUT2D eigenvalue weighted by Gasteiger charge is -2.36. The summed E-state index contributed by atoms with van der Waals surface area (Å²) in [6.07, 6.45) is 10.5. The molecule has 0 amide bonds. The van der Waals surface area contributed by atoms with Crippen molar-refractivity contribution in [3.63, 3.8) is 0 Å². The van der Waals surface area contributed by atoms with Crippen LogP contribution in [0, 0.1) is 41.4 Å². The van der Waals surface area contributed by atoms with Gasteiger partial charge in [-0.2, -0.15) is 11.8 Å². The van der Waals surface area contributed by atoms with E-state index in [2.05, 4.69) is 27.7 Å². The van der Waals surface area contributed by atoms with Gasteiger partial charge in [0, 0.05) is 48.5 Å². The van der Waals surface area contributed by atoms with E-state index in [4.69, 9.17) is 0 Å². The number of Topliss-reactive ketones (excluding diaryl/α,β-unsaturated/α-hetero) is 3. The Labute approximate surface area is 194 Å². The van der Waals surface area contributed by atoms with E-state index in [1.807, 2.05) is 11.8 Å². The molecule has 0 aliphatic heterocycles. The Morgan fingerprint density at radius 3 is 2.26 bits per heavy atom. The molecule has 3 nitrogen and oxygen atoms in total. The second-order valence-electron chi connectivity index (χ2n) is 11.3. The summed E-state index contributed by atoms with van der Waals surface area (Å²) < 4.78 is 0. The third-order valence-electron chi connectivity index (χ3n) is 8.62. The number of carbonyl (C=O) groups excluding carboxylic acids is 3. The van der Waals surface area contributed by atoms with Gasteiger partial charge in [0.1, 0.15) is 17.3 Å². The molecule has 4 heteroatoms. The van der Waals surface area contributed by atoms with E-state index in [1.54, 1.807) is 0 Å². The largest absolute Gasteiger partial charge is 0.300 e. The van der Waals surface area contributed by atoms with Crippen molar-refractivity contribution in [2.45, 2.75) is 104 Å². The molecule has 0 aromatic rings. The Morgan fingerprint density at radius 2 is 1.58 bits per heavy atom. The number of hydrogen-bond donors (Lipinski definition) is 0. The van der Waals surface area contributed by atoms with Gasteiger partial charge in [0.15, 0.2) is 0 Å². The minimum Gasteiger partial charge on any atom is -0.300 e. The van der Waals surface area contributed by atoms with Crippen molar-refractivity contribution in [1.29, 1.82) is 0 Å². The number of rotatable bonds is 8. The first kappa shape index (κ1) is 25.0. The minimum absolute atomic E-state index is 0.191. The van der Waals surface area contributed by atoms with E-state index in [0.717, 1.165) is 76.4 Å². The Balaban J connectivity index is 1.49. The molecule has 3 saturated carbocycles. The highest BCUT2D eigenvalue weighted by Crippen LogP contribution is 2.41. The van der Waals surface area contributed by atoms with Crippen molar-refractivity contribution in [3.8, 4) is 0 Å². The number of hydrogen-bond acceptors (Lipinski definition) is 4. The van der Waals surface area contributed by atoms with Crippen LogP contribution in [0.5, 0.6) is 0 Å². The second kappa shape index (κ2) is 11.5. The first-order valence-corrected chi connectivity index (χ1v) is 14.0. The summed E-state index contributed by atoms with van der Waals surface area (Å²) in [5.41, 5.74) is 0. The van der Waals surface area contributed by atoms with Gasteiger partial charge in [-0.15, -0.1) is 0 Å². The Bertz CT molecular complexity index is 632. The fourth-order valence-electron chi connectivity index (χ4n) is 6.41. The molecule has 0 saturated heterocycles. The van der Waals surface area contributed by atoms with Crippen molar-refractivity contribution in [2.24, 2.45) is 41.4 Å². The number of thioether (sulfide) groups is 1. The third-order valence-corrected chi connectivity index (χ3v) is 10.1. The maximum Gasteiger partial charge on any atom is 0.140 e. The fourth-order valence-corrected chi connectivity index (χ4v) is 7.82. The van der Waals surface area contributed by atoms with E-state index >= 15 is 0 Å². The SMILES string of the molecule is CC(C)C1CC(=O)CC(CC(C)C2CCCC(CSC(C)C3CCC(=O)CC3)C2=O)C1. The summed E-state index contributed by atoms with van der Waals surface area (Å²) in [7, 11) is 0. The van der Waals surface area contributed by atoms with Crippen LogP contribution in [0.3, 0.4) is 0 Å². The zero-order valence-corrected chi connectivity index (χ0v) is 21.1. The Hall–Kier alpha value is -0.640. The van der Waals surface area contributed by atoms with Crippen molar-refractivity contribution in [1.82, 2.24) is 0 Å². The molecule has 0 heterocycles. The van der Waals surface area contributed by atoms with Gasteiger partial charge in [0.2, 0.25) is 0 Å². The lowest BCUT2D eigenvalue weighted by Crippen LogP contribution is -2.36. The summed E-state index contributed by atoms with van der Waals surface area (Å²) in [5, 5.41) is 0.542. The van der Waals surface area contributed by atoms with E-state index < -0.39 is 0 Å². The smallest absolute Gasteiger partial charge is 0.140 e. The third kappa shape index (κ3) is 6.92. The average Bonchev–Trinajstić information content (AvgIpc) is 2.72. The molecular formula is C27H44O3S. The molecule has 31 heavy (non-hydrogen) atoms. The van der Waals surface area contributed by atoms with Gasteiger partial charge in [-0.3, -0.25) is 14.4 Å².